The van der Waals surface area contributed by atoms with Gasteiger partial charge >= 0.3 is 5.97 Å². The van der Waals surface area contributed by atoms with Crippen LogP contribution >= 0.6 is 0 Å². The van der Waals surface area contributed by atoms with Crippen molar-refractivity contribution >= 4 is 16.9 Å². The Kier molecular flexibility index (Phi) is 6.93. The highest BCUT2D eigenvalue weighted by atomic mass is 16.5. The lowest BCUT2D eigenvalue weighted by molar-refractivity contribution is -0.143. The van der Waals surface area contributed by atoms with Crippen LogP contribution in [0.15, 0.2) is 47.1 Å². The summed E-state index contributed by atoms with van der Waals surface area (Å²) in [5, 5.41) is 9.64. The van der Waals surface area contributed by atoms with Crippen LogP contribution in [0.4, 0.5) is 0 Å². The first-order valence-electron chi connectivity index (χ1n) is 12.7. The minimum Gasteiger partial charge on any atom is -0.466 e. The SMILES string of the molecule is CCOC(=O)CCn1ncc2cc(-c3noc(-c4ccc(C5CCCCC5)c(CC)c4)n3)ccc21. The number of hydrogen-bond donors (Lipinski definition) is 0. The molecule has 0 spiro atoms. The van der Waals surface area contributed by atoms with Crippen LogP contribution in [0.5, 0.6) is 0 Å². The second-order valence-corrected chi connectivity index (χ2v) is 9.22. The molecule has 0 radical (unpaired) electrons. The Morgan fingerprint density at radius 1 is 1.09 bits per heavy atom. The van der Waals surface area contributed by atoms with Gasteiger partial charge in [-0.3, -0.25) is 9.48 Å². The quantitative estimate of drug-likeness (QED) is 0.279. The molecule has 1 fully saturated rings. The second-order valence-electron chi connectivity index (χ2n) is 9.22. The molecule has 0 atom stereocenters. The standard InChI is InChI=1S/C28H32N4O3/c1-3-19-16-22(10-12-24(19)20-8-6-5-7-9-20)28-30-27(31-35-28)21-11-13-25-23(17-21)18-29-32(25)15-14-26(33)34-4-2/h10-13,16-18,20H,3-9,14-15H2,1-2H3. The number of hydrogen-bond acceptors (Lipinski definition) is 6. The Labute approximate surface area is 205 Å². The van der Waals surface area contributed by atoms with Gasteiger partial charge in [0.1, 0.15) is 0 Å². The summed E-state index contributed by atoms with van der Waals surface area (Å²) >= 11 is 0. The van der Waals surface area contributed by atoms with E-state index < -0.39 is 0 Å². The number of carbonyl (C=O) groups excluding carboxylic acids is 1. The maximum Gasteiger partial charge on any atom is 0.307 e. The lowest BCUT2D eigenvalue weighted by atomic mass is 9.81. The maximum absolute atomic E-state index is 11.7. The Morgan fingerprint density at radius 3 is 2.71 bits per heavy atom. The lowest BCUT2D eigenvalue weighted by Crippen LogP contribution is -2.09. The average molecular weight is 473 g/mol. The molecule has 182 valence electrons. The fourth-order valence-electron chi connectivity index (χ4n) is 5.15. The summed E-state index contributed by atoms with van der Waals surface area (Å²) in [7, 11) is 0. The minimum absolute atomic E-state index is 0.217. The minimum atomic E-state index is -0.217. The Bertz CT molecular complexity index is 1320. The van der Waals surface area contributed by atoms with E-state index in [9.17, 15) is 4.79 Å². The largest absolute Gasteiger partial charge is 0.466 e. The van der Waals surface area contributed by atoms with Gasteiger partial charge in [0.25, 0.3) is 5.89 Å². The van der Waals surface area contributed by atoms with Crippen molar-refractivity contribution in [2.45, 2.75) is 71.3 Å². The fourth-order valence-corrected chi connectivity index (χ4v) is 5.15. The van der Waals surface area contributed by atoms with Crippen LogP contribution in [-0.4, -0.2) is 32.5 Å². The van der Waals surface area contributed by atoms with Crippen LogP contribution in [0.1, 0.15) is 69.4 Å². The number of carbonyl (C=O) groups is 1. The molecule has 1 aliphatic carbocycles. The zero-order valence-electron chi connectivity index (χ0n) is 20.5. The summed E-state index contributed by atoms with van der Waals surface area (Å²) < 4.78 is 12.5. The molecule has 2 heterocycles. The topological polar surface area (TPSA) is 83.0 Å². The van der Waals surface area contributed by atoms with E-state index in [1.165, 1.54) is 43.2 Å². The lowest BCUT2D eigenvalue weighted by Gasteiger charge is -2.24. The Morgan fingerprint density at radius 2 is 1.91 bits per heavy atom. The molecule has 0 bridgehead atoms. The fraction of sp³-hybridized carbons (Fsp3) is 0.429. The summed E-state index contributed by atoms with van der Waals surface area (Å²) in [5.41, 5.74) is 5.65. The van der Waals surface area contributed by atoms with Gasteiger partial charge in [0, 0.05) is 16.5 Å². The molecule has 7 heteroatoms. The van der Waals surface area contributed by atoms with Gasteiger partial charge in [-0.2, -0.15) is 10.1 Å². The Balaban J connectivity index is 1.35. The summed E-state index contributed by atoms with van der Waals surface area (Å²) in [6.45, 7) is 4.89. The number of rotatable bonds is 8. The smallest absolute Gasteiger partial charge is 0.307 e. The predicted octanol–water partition coefficient (Wildman–Crippen LogP) is 6.32. The van der Waals surface area contributed by atoms with E-state index in [2.05, 4.69) is 35.4 Å². The van der Waals surface area contributed by atoms with Gasteiger partial charge in [0.2, 0.25) is 5.82 Å². The van der Waals surface area contributed by atoms with Gasteiger partial charge in [-0.05, 0) is 73.6 Å². The molecule has 1 aliphatic rings. The summed E-state index contributed by atoms with van der Waals surface area (Å²) in [6, 6.07) is 12.6. The normalized spacial score (nSPS) is 14.5. The molecular formula is C28H32N4O3. The van der Waals surface area contributed by atoms with Gasteiger partial charge in [-0.15, -0.1) is 0 Å². The summed E-state index contributed by atoms with van der Waals surface area (Å²) in [6.07, 6.45) is 9.69. The van der Waals surface area contributed by atoms with Gasteiger partial charge in [0.15, 0.2) is 0 Å². The highest BCUT2D eigenvalue weighted by Gasteiger charge is 2.20. The first-order chi connectivity index (χ1) is 17.2. The van der Waals surface area contributed by atoms with Crippen molar-refractivity contribution in [2.75, 3.05) is 6.61 Å². The number of esters is 1. The number of ether oxygens (including phenoxy) is 1. The van der Waals surface area contributed by atoms with E-state index in [4.69, 9.17) is 14.2 Å². The zero-order chi connectivity index (χ0) is 24.2. The number of fused-ring (bicyclic) bond motifs is 1. The molecular weight excluding hydrogens is 440 g/mol. The third kappa shape index (κ3) is 4.99. The highest BCUT2D eigenvalue weighted by Crippen LogP contribution is 2.36. The van der Waals surface area contributed by atoms with Crippen LogP contribution in [0, 0.1) is 0 Å². The Hall–Kier alpha value is -3.48. The maximum atomic E-state index is 11.7. The first kappa shape index (κ1) is 23.3. The molecule has 7 nitrogen and oxygen atoms in total. The van der Waals surface area contributed by atoms with E-state index in [1.807, 2.05) is 22.9 Å². The molecule has 2 aromatic carbocycles. The number of aryl methyl sites for hydroxylation is 2. The number of nitrogens with zero attached hydrogens (tertiary/aromatic N) is 4. The molecule has 0 amide bonds. The number of aromatic nitrogens is 4. The van der Waals surface area contributed by atoms with E-state index in [-0.39, 0.29) is 5.97 Å². The van der Waals surface area contributed by atoms with Crippen LogP contribution < -0.4 is 0 Å². The monoisotopic (exact) mass is 472 g/mol. The molecule has 2 aromatic heterocycles. The van der Waals surface area contributed by atoms with Crippen molar-refractivity contribution in [3.63, 3.8) is 0 Å². The third-order valence-electron chi connectivity index (χ3n) is 6.97. The predicted molar refractivity (Wildman–Crippen MR) is 135 cm³/mol. The molecule has 4 aromatic rings. The zero-order valence-corrected chi connectivity index (χ0v) is 20.5. The summed E-state index contributed by atoms with van der Waals surface area (Å²) in [5.74, 6) is 1.55. The van der Waals surface area contributed by atoms with Gasteiger partial charge < -0.3 is 9.26 Å². The molecule has 35 heavy (non-hydrogen) atoms. The molecule has 0 aliphatic heterocycles. The number of benzene rings is 2. The molecule has 0 N–H and O–H groups in total. The van der Waals surface area contributed by atoms with Crippen LogP contribution in [0.25, 0.3) is 33.7 Å². The van der Waals surface area contributed by atoms with E-state index in [0.717, 1.165) is 28.5 Å². The van der Waals surface area contributed by atoms with Gasteiger partial charge in [-0.1, -0.05) is 37.4 Å². The first-order valence-corrected chi connectivity index (χ1v) is 12.7. The van der Waals surface area contributed by atoms with Crippen molar-refractivity contribution in [3.05, 3.63) is 53.7 Å². The van der Waals surface area contributed by atoms with E-state index >= 15 is 0 Å². The van der Waals surface area contributed by atoms with Crippen molar-refractivity contribution in [3.8, 4) is 22.8 Å². The molecule has 1 saturated carbocycles. The molecule has 0 unspecified atom stereocenters. The average Bonchev–Trinajstić information content (AvgIpc) is 3.55. The van der Waals surface area contributed by atoms with Gasteiger partial charge in [-0.25, -0.2) is 0 Å². The third-order valence-corrected chi connectivity index (χ3v) is 6.97. The van der Waals surface area contributed by atoms with E-state index in [0.29, 0.717) is 37.2 Å². The van der Waals surface area contributed by atoms with Crippen molar-refractivity contribution < 1.29 is 14.1 Å². The summed E-state index contributed by atoms with van der Waals surface area (Å²) in [4.78, 5) is 16.4. The highest BCUT2D eigenvalue weighted by molar-refractivity contribution is 5.83. The van der Waals surface area contributed by atoms with Crippen molar-refractivity contribution in [2.24, 2.45) is 0 Å². The van der Waals surface area contributed by atoms with Crippen molar-refractivity contribution in [1.82, 2.24) is 19.9 Å². The van der Waals surface area contributed by atoms with Gasteiger partial charge in [0.05, 0.1) is 31.3 Å². The molecule has 5 rings (SSSR count). The molecule has 0 saturated heterocycles. The van der Waals surface area contributed by atoms with Crippen molar-refractivity contribution in [1.29, 1.82) is 0 Å². The van der Waals surface area contributed by atoms with Crippen LogP contribution in [0.3, 0.4) is 0 Å². The van der Waals surface area contributed by atoms with E-state index in [1.54, 1.807) is 13.1 Å². The second kappa shape index (κ2) is 10.4. The van der Waals surface area contributed by atoms with Crippen LogP contribution in [-0.2, 0) is 22.5 Å². The van der Waals surface area contributed by atoms with Crippen LogP contribution in [0.2, 0.25) is 0 Å².